The molecule has 0 unspecified atom stereocenters. The number of benzene rings is 4. The van der Waals surface area contributed by atoms with Crippen molar-refractivity contribution in [3.05, 3.63) is 203 Å². The van der Waals surface area contributed by atoms with Gasteiger partial charge >= 0.3 is 52.4 Å². The summed E-state index contributed by atoms with van der Waals surface area (Å²) in [4.78, 5) is 0. The van der Waals surface area contributed by atoms with Crippen LogP contribution in [0, 0.1) is 13.8 Å². The summed E-state index contributed by atoms with van der Waals surface area (Å²) in [5.41, 5.74) is 19.2. The summed E-state index contributed by atoms with van der Waals surface area (Å²) in [7, 11) is -0.522. The molecule has 0 bridgehead atoms. The van der Waals surface area contributed by atoms with Gasteiger partial charge in [-0.3, -0.25) is 0 Å². The molecule has 0 atom stereocenters. The Morgan fingerprint density at radius 1 is 0.548 bits per heavy atom. The van der Waals surface area contributed by atoms with E-state index in [9.17, 15) is 0 Å². The SMILES string of the molecule is C[Si](C)=CC1=CC2=CCOC2=C1.C[Si](C)=CC1=CC2=COCC2=C1.Cc1cc2c(-c3ccccc3)cccc2[cH-]1.Cc1cc2c(-c3ccccc3)cccc2[cH-]1.[Cl-].[Cl-].[Cl-].[Cl-].[Zr+4].[Zr+4]. The van der Waals surface area contributed by atoms with Crippen molar-refractivity contribution < 1.29 is 112 Å². The molecule has 0 aromatic heterocycles. The number of aryl methyl sites for hydroxylation is 2. The summed E-state index contributed by atoms with van der Waals surface area (Å²) in [6.07, 6.45) is 12.8. The molecule has 0 spiro atoms. The fourth-order valence-electron chi connectivity index (χ4n) is 7.43. The quantitative estimate of drug-likeness (QED) is 0.193. The zero-order chi connectivity index (χ0) is 39.0. The van der Waals surface area contributed by atoms with Crippen molar-refractivity contribution in [3.63, 3.8) is 0 Å². The maximum atomic E-state index is 5.40. The first-order valence-electron chi connectivity index (χ1n) is 19.4. The smallest absolute Gasteiger partial charge is 1.00 e. The first-order valence-corrected chi connectivity index (χ1v) is 24.6. The summed E-state index contributed by atoms with van der Waals surface area (Å²) >= 11 is 0. The summed E-state index contributed by atoms with van der Waals surface area (Å²) in [6, 6.07) is 43.1. The van der Waals surface area contributed by atoms with Crippen molar-refractivity contribution >= 4 is 49.7 Å². The van der Waals surface area contributed by atoms with Crippen LogP contribution in [0.25, 0.3) is 43.8 Å². The van der Waals surface area contributed by atoms with Gasteiger partial charge in [-0.25, -0.2) is 0 Å². The van der Waals surface area contributed by atoms with Gasteiger partial charge in [0.15, 0.2) is 0 Å². The minimum Gasteiger partial charge on any atom is -1.00 e. The van der Waals surface area contributed by atoms with Crippen LogP contribution in [0.2, 0.25) is 26.2 Å². The molecule has 6 aromatic rings. The number of allylic oxidation sites excluding steroid dienone is 6. The molecule has 312 valence electrons. The van der Waals surface area contributed by atoms with E-state index in [1.54, 1.807) is 0 Å². The largest absolute Gasteiger partial charge is 4.00 e. The summed E-state index contributed by atoms with van der Waals surface area (Å²) in [6.45, 7) is 15.0. The van der Waals surface area contributed by atoms with Gasteiger partial charge in [-0.1, -0.05) is 135 Å². The fraction of sp³-hybridized carbons (Fsp3) is 0.154. The second kappa shape index (κ2) is 27.5. The van der Waals surface area contributed by atoms with Gasteiger partial charge in [-0.15, -0.1) is 69.1 Å². The van der Waals surface area contributed by atoms with Crippen molar-refractivity contribution in [1.29, 1.82) is 0 Å². The molecular formula is C52H50Cl4O2Si2Zr2+2. The molecule has 62 heavy (non-hydrogen) atoms. The molecular weight excluding hydrogens is 1040 g/mol. The third-order valence-corrected chi connectivity index (χ3v) is 11.6. The van der Waals surface area contributed by atoms with Gasteiger partial charge in [0.25, 0.3) is 0 Å². The van der Waals surface area contributed by atoms with E-state index < -0.39 is 0 Å². The van der Waals surface area contributed by atoms with Gasteiger partial charge in [0.2, 0.25) is 0 Å². The molecule has 0 fully saturated rings. The second-order valence-corrected chi connectivity index (χ2v) is 20.1. The average molecular weight is 1090 g/mol. The van der Waals surface area contributed by atoms with Crippen LogP contribution in [-0.2, 0) is 61.9 Å². The standard InChI is InChI=1S/2C16H13.2C10H12OSi.4ClH.2Zr/c2*1-12-10-14-8-5-9-15(16(14)11-12)13-6-3-2-4-7-13;1-12(2)7-8-3-9-5-11-6-10(9)4-8;1-12(2)7-8-5-9-3-4-11-10(9)6-8;;;;;;/h2*2-11H,1H3;3-5,7H,6H2,1-2H3;3,5-7H,4H2,1-2H3;4*1H;;/q2*-1;;;;;;;2*+4/p-4. The monoisotopic (exact) mass is 1080 g/mol. The number of rotatable bonds is 4. The molecule has 10 rings (SSSR count). The van der Waals surface area contributed by atoms with E-state index in [1.807, 2.05) is 6.26 Å². The molecule has 2 aliphatic carbocycles. The summed E-state index contributed by atoms with van der Waals surface area (Å²) in [5, 5.41) is 5.37. The van der Waals surface area contributed by atoms with Crippen molar-refractivity contribution in [2.24, 2.45) is 0 Å². The maximum absolute atomic E-state index is 5.40. The van der Waals surface area contributed by atoms with Crippen LogP contribution < -0.4 is 49.6 Å². The Balaban J connectivity index is 0.000000404. The third kappa shape index (κ3) is 15.2. The molecule has 6 aromatic carbocycles. The first kappa shape index (κ1) is 57.3. The molecule has 2 heterocycles. The van der Waals surface area contributed by atoms with E-state index in [-0.39, 0.29) is 119 Å². The summed E-state index contributed by atoms with van der Waals surface area (Å²) in [5.74, 6) is 1.06. The minimum absolute atomic E-state index is 0. The van der Waals surface area contributed by atoms with Crippen molar-refractivity contribution in [1.82, 2.24) is 0 Å². The van der Waals surface area contributed by atoms with E-state index in [2.05, 4.69) is 203 Å². The van der Waals surface area contributed by atoms with E-state index in [1.165, 1.54) is 82.8 Å². The molecule has 2 aliphatic heterocycles. The Morgan fingerprint density at radius 3 is 1.47 bits per heavy atom. The van der Waals surface area contributed by atoms with Crippen molar-refractivity contribution in [3.8, 4) is 22.3 Å². The van der Waals surface area contributed by atoms with Gasteiger partial charge in [-0.05, 0) is 52.7 Å². The number of halogens is 4. The molecule has 0 N–H and O–H groups in total. The number of fused-ring (bicyclic) bond motifs is 4. The zero-order valence-corrected chi connectivity index (χ0v) is 45.8. The van der Waals surface area contributed by atoms with Gasteiger partial charge < -0.3 is 59.1 Å². The topological polar surface area (TPSA) is 18.5 Å². The molecule has 0 amide bonds. The van der Waals surface area contributed by atoms with Crippen LogP contribution in [0.5, 0.6) is 0 Å². The Bertz CT molecular complexity index is 2460. The molecule has 0 saturated heterocycles. The Labute approximate surface area is 435 Å². The second-order valence-electron chi connectivity index (χ2n) is 15.2. The normalized spacial score (nSPS) is 12.9. The van der Waals surface area contributed by atoms with Crippen LogP contribution in [-0.4, -0.2) is 41.4 Å². The van der Waals surface area contributed by atoms with E-state index in [0.717, 1.165) is 19.0 Å². The number of hydrogen-bond donors (Lipinski definition) is 0. The van der Waals surface area contributed by atoms with E-state index in [4.69, 9.17) is 9.47 Å². The van der Waals surface area contributed by atoms with Crippen molar-refractivity contribution in [2.75, 3.05) is 13.2 Å². The third-order valence-electron chi connectivity index (χ3n) is 9.80. The maximum Gasteiger partial charge on any atom is 4.00 e. The van der Waals surface area contributed by atoms with E-state index in [0.29, 0.717) is 0 Å². The van der Waals surface area contributed by atoms with Crippen LogP contribution in [0.4, 0.5) is 0 Å². The average Bonchev–Trinajstić information content (AvgIpc) is 4.03. The molecule has 0 saturated carbocycles. The Morgan fingerprint density at radius 2 is 1.02 bits per heavy atom. The molecule has 0 radical (unpaired) electrons. The predicted molar refractivity (Wildman–Crippen MR) is 247 cm³/mol. The summed E-state index contributed by atoms with van der Waals surface area (Å²) < 4.78 is 10.6. The van der Waals surface area contributed by atoms with Crippen molar-refractivity contribution in [2.45, 2.75) is 40.0 Å². The van der Waals surface area contributed by atoms with Gasteiger partial charge in [0, 0.05) is 33.5 Å². The van der Waals surface area contributed by atoms with Crippen LogP contribution in [0.15, 0.2) is 192 Å². The number of ether oxygens (including phenoxy) is 2. The van der Waals surface area contributed by atoms with Crippen LogP contribution in [0.1, 0.15) is 11.1 Å². The predicted octanol–water partition coefficient (Wildman–Crippen LogP) is 0.890. The van der Waals surface area contributed by atoms with Gasteiger partial charge in [0.05, 0.1) is 6.26 Å². The van der Waals surface area contributed by atoms with Gasteiger partial charge in [0.1, 0.15) is 19.0 Å². The van der Waals surface area contributed by atoms with Gasteiger partial charge in [-0.2, -0.15) is 12.1 Å². The van der Waals surface area contributed by atoms with Crippen LogP contribution in [0.3, 0.4) is 0 Å². The first-order chi connectivity index (χ1) is 27.2. The number of hydrogen-bond acceptors (Lipinski definition) is 2. The van der Waals surface area contributed by atoms with E-state index >= 15 is 0 Å². The Hall–Kier alpha value is -2.76. The fourth-order valence-corrected chi connectivity index (χ4v) is 9.10. The molecule has 4 aliphatic rings. The van der Waals surface area contributed by atoms with Crippen LogP contribution >= 0.6 is 0 Å². The zero-order valence-electron chi connectivity index (χ0n) is 35.9. The molecule has 2 nitrogen and oxygen atoms in total. The minimum atomic E-state index is -0.269. The Kier molecular flexibility index (Phi) is 25.4. The molecule has 10 heteroatoms.